The lowest BCUT2D eigenvalue weighted by Crippen LogP contribution is -2.36. The maximum absolute atomic E-state index is 11.5. The summed E-state index contributed by atoms with van der Waals surface area (Å²) in [6.07, 6.45) is 2.33. The highest BCUT2D eigenvalue weighted by Crippen LogP contribution is 2.11. The SMILES string of the molecule is CCCCC1NC(=O)N(CC(=O)O)C1=O. The Morgan fingerprint density at radius 3 is 2.73 bits per heavy atom. The van der Waals surface area contributed by atoms with Gasteiger partial charge >= 0.3 is 12.0 Å². The summed E-state index contributed by atoms with van der Waals surface area (Å²) in [4.78, 5) is 33.9. The molecule has 0 aromatic rings. The Morgan fingerprint density at radius 1 is 1.53 bits per heavy atom. The van der Waals surface area contributed by atoms with Crippen molar-refractivity contribution in [1.82, 2.24) is 10.2 Å². The Balaban J connectivity index is 2.58. The second-order valence-electron chi connectivity index (χ2n) is 3.46. The Bertz CT molecular complexity index is 290. The van der Waals surface area contributed by atoms with Gasteiger partial charge in [-0.1, -0.05) is 19.8 Å². The Kier molecular flexibility index (Phi) is 3.65. The monoisotopic (exact) mass is 214 g/mol. The van der Waals surface area contributed by atoms with Gasteiger partial charge in [-0.3, -0.25) is 14.5 Å². The normalized spacial score (nSPS) is 20.6. The van der Waals surface area contributed by atoms with Gasteiger partial charge in [0.25, 0.3) is 5.91 Å². The summed E-state index contributed by atoms with van der Waals surface area (Å²) in [5.74, 6) is -1.62. The fraction of sp³-hybridized carbons (Fsp3) is 0.667. The first-order valence-electron chi connectivity index (χ1n) is 4.90. The molecule has 15 heavy (non-hydrogen) atoms. The molecule has 6 heteroatoms. The second kappa shape index (κ2) is 4.77. The van der Waals surface area contributed by atoms with Crippen molar-refractivity contribution in [3.8, 4) is 0 Å². The van der Waals surface area contributed by atoms with Crippen LogP contribution in [0.1, 0.15) is 26.2 Å². The molecule has 0 aromatic carbocycles. The molecule has 0 spiro atoms. The molecule has 0 aliphatic carbocycles. The summed E-state index contributed by atoms with van der Waals surface area (Å²) in [5.41, 5.74) is 0. The molecule has 2 N–H and O–H groups in total. The minimum absolute atomic E-state index is 0.434. The van der Waals surface area contributed by atoms with Crippen LogP contribution in [0.4, 0.5) is 4.79 Å². The number of imide groups is 1. The lowest BCUT2D eigenvalue weighted by atomic mass is 10.1. The molecular formula is C9H14N2O4. The molecule has 0 aromatic heterocycles. The summed E-state index contributed by atoms with van der Waals surface area (Å²) >= 11 is 0. The van der Waals surface area contributed by atoms with Crippen LogP contribution in [0.15, 0.2) is 0 Å². The first-order chi connectivity index (χ1) is 7.06. The topological polar surface area (TPSA) is 86.7 Å². The van der Waals surface area contributed by atoms with Crippen molar-refractivity contribution in [3.05, 3.63) is 0 Å². The van der Waals surface area contributed by atoms with E-state index in [2.05, 4.69) is 5.32 Å². The van der Waals surface area contributed by atoms with Gasteiger partial charge in [0.05, 0.1) is 0 Å². The maximum Gasteiger partial charge on any atom is 0.325 e. The number of hydrogen-bond acceptors (Lipinski definition) is 3. The number of aliphatic carboxylic acids is 1. The van der Waals surface area contributed by atoms with E-state index in [1.807, 2.05) is 6.92 Å². The van der Waals surface area contributed by atoms with Crippen molar-refractivity contribution in [2.75, 3.05) is 6.54 Å². The van der Waals surface area contributed by atoms with E-state index in [0.29, 0.717) is 6.42 Å². The first-order valence-corrected chi connectivity index (χ1v) is 4.90. The summed E-state index contributed by atoms with van der Waals surface area (Å²) < 4.78 is 0. The number of amides is 3. The number of rotatable bonds is 5. The van der Waals surface area contributed by atoms with E-state index in [1.165, 1.54) is 0 Å². The fourth-order valence-corrected chi connectivity index (χ4v) is 1.47. The highest BCUT2D eigenvalue weighted by Gasteiger charge is 2.38. The zero-order valence-corrected chi connectivity index (χ0v) is 8.52. The van der Waals surface area contributed by atoms with Gasteiger partial charge in [0.2, 0.25) is 0 Å². The van der Waals surface area contributed by atoms with E-state index < -0.39 is 30.5 Å². The summed E-state index contributed by atoms with van der Waals surface area (Å²) in [7, 11) is 0. The quantitative estimate of drug-likeness (QED) is 0.639. The van der Waals surface area contributed by atoms with Gasteiger partial charge in [-0.15, -0.1) is 0 Å². The number of carbonyl (C=O) groups is 3. The van der Waals surface area contributed by atoms with Crippen LogP contribution in [0.3, 0.4) is 0 Å². The van der Waals surface area contributed by atoms with E-state index >= 15 is 0 Å². The Labute approximate surface area is 87.2 Å². The van der Waals surface area contributed by atoms with Gasteiger partial charge in [-0.05, 0) is 6.42 Å². The van der Waals surface area contributed by atoms with Crippen LogP contribution >= 0.6 is 0 Å². The molecule has 1 heterocycles. The average molecular weight is 214 g/mol. The number of nitrogens with zero attached hydrogens (tertiary/aromatic N) is 1. The standard InChI is InChI=1S/C9H14N2O4/c1-2-3-4-6-8(14)11(5-7(12)13)9(15)10-6/h6H,2-5H2,1H3,(H,10,15)(H,12,13). The Morgan fingerprint density at radius 2 is 2.20 bits per heavy atom. The maximum atomic E-state index is 11.5. The van der Waals surface area contributed by atoms with Crippen LogP contribution in [0.25, 0.3) is 0 Å². The van der Waals surface area contributed by atoms with Gasteiger partial charge < -0.3 is 10.4 Å². The predicted octanol–water partition coefficient (Wildman–Crippen LogP) is 0.182. The smallest absolute Gasteiger partial charge is 0.325 e. The van der Waals surface area contributed by atoms with E-state index in [1.54, 1.807) is 0 Å². The van der Waals surface area contributed by atoms with Crippen molar-refractivity contribution in [2.24, 2.45) is 0 Å². The lowest BCUT2D eigenvalue weighted by Gasteiger charge is -2.09. The summed E-state index contributed by atoms with van der Waals surface area (Å²) in [5, 5.41) is 11.0. The van der Waals surface area contributed by atoms with Crippen LogP contribution < -0.4 is 5.32 Å². The van der Waals surface area contributed by atoms with E-state index in [0.717, 1.165) is 17.7 Å². The van der Waals surface area contributed by atoms with Crippen molar-refractivity contribution in [1.29, 1.82) is 0 Å². The van der Waals surface area contributed by atoms with Crippen molar-refractivity contribution < 1.29 is 19.5 Å². The molecule has 3 amide bonds. The molecule has 1 aliphatic rings. The zero-order valence-electron chi connectivity index (χ0n) is 8.52. The molecule has 1 unspecified atom stereocenters. The molecule has 84 valence electrons. The minimum Gasteiger partial charge on any atom is -0.480 e. The number of nitrogens with one attached hydrogen (secondary N) is 1. The summed E-state index contributed by atoms with van der Waals surface area (Å²) in [6, 6.07) is -1.15. The zero-order chi connectivity index (χ0) is 11.4. The largest absolute Gasteiger partial charge is 0.480 e. The number of hydrogen-bond donors (Lipinski definition) is 2. The van der Waals surface area contributed by atoms with Crippen LogP contribution in [0, 0.1) is 0 Å². The fourth-order valence-electron chi connectivity index (χ4n) is 1.47. The van der Waals surface area contributed by atoms with E-state index in [4.69, 9.17) is 5.11 Å². The van der Waals surface area contributed by atoms with Gasteiger partial charge in [-0.2, -0.15) is 0 Å². The summed E-state index contributed by atoms with van der Waals surface area (Å²) in [6.45, 7) is 1.42. The van der Waals surface area contributed by atoms with E-state index in [9.17, 15) is 14.4 Å². The number of carboxylic acids is 1. The molecule has 1 rings (SSSR count). The highest BCUT2D eigenvalue weighted by atomic mass is 16.4. The third-order valence-corrected chi connectivity index (χ3v) is 2.25. The van der Waals surface area contributed by atoms with Gasteiger partial charge in [0, 0.05) is 0 Å². The molecule has 6 nitrogen and oxygen atoms in total. The number of carboxylic acid groups (broad SMARTS) is 1. The second-order valence-corrected chi connectivity index (χ2v) is 3.46. The molecule has 1 aliphatic heterocycles. The third-order valence-electron chi connectivity index (χ3n) is 2.25. The van der Waals surface area contributed by atoms with Crippen LogP contribution in [-0.4, -0.2) is 40.5 Å². The highest BCUT2D eigenvalue weighted by molar-refractivity contribution is 6.05. The van der Waals surface area contributed by atoms with Gasteiger partial charge in [0.15, 0.2) is 0 Å². The number of carbonyl (C=O) groups excluding carboxylic acids is 2. The molecule has 0 saturated carbocycles. The number of unbranched alkanes of at least 4 members (excludes halogenated alkanes) is 1. The van der Waals surface area contributed by atoms with Crippen LogP contribution in [0.5, 0.6) is 0 Å². The molecule has 0 radical (unpaired) electrons. The van der Waals surface area contributed by atoms with Crippen molar-refractivity contribution in [2.45, 2.75) is 32.2 Å². The predicted molar refractivity (Wildman–Crippen MR) is 51.2 cm³/mol. The van der Waals surface area contributed by atoms with Gasteiger partial charge in [0.1, 0.15) is 12.6 Å². The van der Waals surface area contributed by atoms with Crippen molar-refractivity contribution >= 4 is 17.9 Å². The molecular weight excluding hydrogens is 200 g/mol. The molecule has 1 fully saturated rings. The number of urea groups is 1. The first kappa shape index (κ1) is 11.5. The van der Waals surface area contributed by atoms with Gasteiger partial charge in [-0.25, -0.2) is 4.79 Å². The third kappa shape index (κ3) is 2.68. The lowest BCUT2D eigenvalue weighted by molar-refractivity contribution is -0.141. The Hall–Kier alpha value is -1.59. The van der Waals surface area contributed by atoms with Crippen molar-refractivity contribution in [3.63, 3.8) is 0 Å². The molecule has 0 bridgehead atoms. The average Bonchev–Trinajstić information content (AvgIpc) is 2.42. The molecule has 1 atom stereocenters. The molecule has 1 saturated heterocycles. The van der Waals surface area contributed by atoms with Crippen LogP contribution in [0.2, 0.25) is 0 Å². The minimum atomic E-state index is -1.19. The van der Waals surface area contributed by atoms with Crippen LogP contribution in [-0.2, 0) is 9.59 Å². The van der Waals surface area contributed by atoms with E-state index in [-0.39, 0.29) is 0 Å².